The van der Waals surface area contributed by atoms with Crippen molar-refractivity contribution in [2.75, 3.05) is 27.2 Å². The first-order valence-corrected chi connectivity index (χ1v) is 7.60. The zero-order chi connectivity index (χ0) is 18.7. The first-order chi connectivity index (χ1) is 11.2. The van der Waals surface area contributed by atoms with Gasteiger partial charge in [-0.15, -0.1) is 0 Å². The second-order valence-corrected chi connectivity index (χ2v) is 5.21. The minimum Gasteiger partial charge on any atom is -0.453 e. The summed E-state index contributed by atoms with van der Waals surface area (Å²) in [7, 11) is 2.94. The lowest BCUT2D eigenvalue weighted by Gasteiger charge is -2.20. The fraction of sp³-hybridized carbons (Fsp3) is 0.714. The third-order valence-corrected chi connectivity index (χ3v) is 3.09. The number of amides is 4. The van der Waals surface area contributed by atoms with Crippen LogP contribution >= 0.6 is 0 Å². The summed E-state index contributed by atoms with van der Waals surface area (Å²) in [5.41, 5.74) is 0. The van der Waals surface area contributed by atoms with Crippen LogP contribution in [0.2, 0.25) is 0 Å². The molecule has 0 saturated heterocycles. The van der Waals surface area contributed by atoms with Crippen LogP contribution in [0.3, 0.4) is 0 Å². The number of hydrogen-bond acceptors (Lipinski definition) is 6. The Bertz CT molecular complexity index is 457. The Morgan fingerprint density at radius 3 is 1.71 bits per heavy atom. The Kier molecular flexibility index (Phi) is 10.1. The number of hydrogen-bond donors (Lipinski definition) is 5. The highest BCUT2D eigenvalue weighted by Crippen LogP contribution is 1.91. The number of rotatable bonds is 9. The Hall–Kier alpha value is -2.36. The number of methoxy groups -OCH3 is 1. The van der Waals surface area contributed by atoms with E-state index in [2.05, 4.69) is 31.3 Å². The van der Waals surface area contributed by atoms with Crippen molar-refractivity contribution >= 4 is 23.8 Å². The van der Waals surface area contributed by atoms with Crippen molar-refractivity contribution in [1.29, 1.82) is 0 Å². The second kappa shape index (κ2) is 11.2. The van der Waals surface area contributed by atoms with Crippen molar-refractivity contribution in [3.05, 3.63) is 0 Å². The maximum Gasteiger partial charge on any atom is 0.407 e. The average Bonchev–Trinajstić information content (AvgIpc) is 2.54. The van der Waals surface area contributed by atoms with Crippen LogP contribution in [0.1, 0.15) is 20.8 Å². The number of alkyl carbamates (subject to hydrolysis) is 1. The molecule has 0 unspecified atom stereocenters. The van der Waals surface area contributed by atoms with Crippen LogP contribution in [-0.4, -0.2) is 69.2 Å². The molecule has 0 aromatic rings. The molecule has 0 heterocycles. The van der Waals surface area contributed by atoms with Crippen LogP contribution in [0.15, 0.2) is 0 Å². The molecule has 10 nitrogen and oxygen atoms in total. The maximum atomic E-state index is 12.0. The first-order valence-electron chi connectivity index (χ1n) is 7.60. The Morgan fingerprint density at radius 2 is 1.25 bits per heavy atom. The van der Waals surface area contributed by atoms with E-state index in [9.17, 15) is 19.2 Å². The minimum absolute atomic E-state index is 0.321. The summed E-state index contributed by atoms with van der Waals surface area (Å²) < 4.78 is 4.38. The number of likely N-dealkylation sites (N-methyl/N-ethyl adjacent to an activating group) is 1. The van der Waals surface area contributed by atoms with Crippen LogP contribution in [0, 0.1) is 0 Å². The fourth-order valence-corrected chi connectivity index (χ4v) is 1.57. The molecule has 0 aromatic heterocycles. The quantitative estimate of drug-likeness (QED) is 0.309. The van der Waals surface area contributed by atoms with Crippen molar-refractivity contribution in [1.82, 2.24) is 26.6 Å². The Labute approximate surface area is 141 Å². The molecule has 0 rings (SSSR count). The molecule has 0 aliphatic heterocycles. The second-order valence-electron chi connectivity index (χ2n) is 5.21. The molecule has 0 aliphatic carbocycles. The highest BCUT2D eigenvalue weighted by atomic mass is 16.5. The molecule has 4 amide bonds. The van der Waals surface area contributed by atoms with Crippen LogP contribution in [-0.2, 0) is 19.1 Å². The molecule has 138 valence electrons. The van der Waals surface area contributed by atoms with E-state index < -0.39 is 36.0 Å². The zero-order valence-electron chi connectivity index (χ0n) is 14.7. The van der Waals surface area contributed by atoms with Gasteiger partial charge in [-0.05, 0) is 27.8 Å². The molecule has 0 saturated carbocycles. The molecule has 3 atom stereocenters. The van der Waals surface area contributed by atoms with Crippen molar-refractivity contribution in [2.24, 2.45) is 0 Å². The highest BCUT2D eigenvalue weighted by Gasteiger charge is 2.23. The van der Waals surface area contributed by atoms with Gasteiger partial charge in [0.05, 0.1) is 7.11 Å². The van der Waals surface area contributed by atoms with Crippen molar-refractivity contribution in [3.8, 4) is 0 Å². The van der Waals surface area contributed by atoms with Crippen LogP contribution in [0.5, 0.6) is 0 Å². The van der Waals surface area contributed by atoms with Gasteiger partial charge in [-0.1, -0.05) is 0 Å². The topological polar surface area (TPSA) is 138 Å². The third-order valence-electron chi connectivity index (χ3n) is 3.09. The lowest BCUT2D eigenvalue weighted by Crippen LogP contribution is -2.54. The molecular formula is C14H27N5O5. The van der Waals surface area contributed by atoms with E-state index in [1.54, 1.807) is 14.0 Å². The van der Waals surface area contributed by atoms with Gasteiger partial charge in [0.15, 0.2) is 0 Å². The maximum absolute atomic E-state index is 12.0. The Morgan fingerprint density at radius 1 is 0.792 bits per heavy atom. The van der Waals surface area contributed by atoms with E-state index in [1.165, 1.54) is 21.0 Å². The molecule has 0 spiro atoms. The number of ether oxygens (including phenoxy) is 1. The first kappa shape index (κ1) is 21.6. The molecule has 0 bridgehead atoms. The van der Waals surface area contributed by atoms with E-state index in [-0.39, 0.29) is 5.91 Å². The van der Waals surface area contributed by atoms with Gasteiger partial charge in [-0.3, -0.25) is 14.4 Å². The smallest absolute Gasteiger partial charge is 0.407 e. The summed E-state index contributed by atoms with van der Waals surface area (Å²) in [5, 5.41) is 12.8. The summed E-state index contributed by atoms with van der Waals surface area (Å²) in [6, 6.07) is -2.47. The molecule has 0 radical (unpaired) electrons. The monoisotopic (exact) mass is 345 g/mol. The summed E-state index contributed by atoms with van der Waals surface area (Å²) in [5.74, 6) is -1.38. The summed E-state index contributed by atoms with van der Waals surface area (Å²) >= 11 is 0. The molecule has 0 aromatic carbocycles. The lowest BCUT2D eigenvalue weighted by molar-refractivity contribution is -0.131. The summed E-state index contributed by atoms with van der Waals surface area (Å²) in [6.07, 6.45) is -0.749. The van der Waals surface area contributed by atoms with Gasteiger partial charge in [0.25, 0.3) is 0 Å². The Balaban J connectivity index is 4.33. The van der Waals surface area contributed by atoms with Crippen molar-refractivity contribution < 1.29 is 23.9 Å². The molecule has 5 N–H and O–H groups in total. The van der Waals surface area contributed by atoms with E-state index in [0.717, 1.165) is 0 Å². The van der Waals surface area contributed by atoms with Crippen LogP contribution in [0.4, 0.5) is 4.79 Å². The predicted octanol–water partition coefficient (Wildman–Crippen LogP) is -1.92. The molecule has 0 fully saturated rings. The largest absolute Gasteiger partial charge is 0.453 e. The summed E-state index contributed by atoms with van der Waals surface area (Å²) in [6.45, 7) is 5.53. The van der Waals surface area contributed by atoms with E-state index in [0.29, 0.717) is 13.1 Å². The van der Waals surface area contributed by atoms with Crippen molar-refractivity contribution in [2.45, 2.75) is 38.9 Å². The zero-order valence-corrected chi connectivity index (χ0v) is 14.7. The molecule has 0 aliphatic rings. The molecule has 10 heteroatoms. The lowest BCUT2D eigenvalue weighted by atomic mass is 10.2. The minimum atomic E-state index is -0.869. The van der Waals surface area contributed by atoms with E-state index in [4.69, 9.17) is 0 Å². The number of carbonyl (C=O) groups excluding carboxylic acids is 4. The predicted molar refractivity (Wildman–Crippen MR) is 87.1 cm³/mol. The molecule has 24 heavy (non-hydrogen) atoms. The fourth-order valence-electron chi connectivity index (χ4n) is 1.57. The van der Waals surface area contributed by atoms with Gasteiger partial charge in [-0.25, -0.2) is 4.79 Å². The van der Waals surface area contributed by atoms with Gasteiger partial charge < -0.3 is 31.3 Å². The van der Waals surface area contributed by atoms with Crippen LogP contribution < -0.4 is 26.6 Å². The van der Waals surface area contributed by atoms with E-state index in [1.807, 2.05) is 0 Å². The SMILES string of the molecule is CNCCNC(=O)[C@H](C)NC(=O)[C@H](C)NC(=O)[C@H](C)NC(=O)OC. The average molecular weight is 345 g/mol. The van der Waals surface area contributed by atoms with E-state index >= 15 is 0 Å². The van der Waals surface area contributed by atoms with Gasteiger partial charge >= 0.3 is 6.09 Å². The van der Waals surface area contributed by atoms with Gasteiger partial charge in [0.1, 0.15) is 18.1 Å². The standard InChI is InChI=1S/C14H27N5O5/c1-8(11(20)16-7-6-15-4)17-12(21)9(2)18-13(22)10(3)19-14(23)24-5/h8-10,15H,6-7H2,1-5H3,(H,16,20)(H,17,21)(H,18,22)(H,19,23)/t8-,9-,10-/m0/s1. The van der Waals surface area contributed by atoms with Gasteiger partial charge in [0.2, 0.25) is 17.7 Å². The molecular weight excluding hydrogens is 318 g/mol. The number of carbonyl (C=O) groups is 4. The van der Waals surface area contributed by atoms with Gasteiger partial charge in [-0.2, -0.15) is 0 Å². The highest BCUT2D eigenvalue weighted by molar-refractivity contribution is 5.93. The van der Waals surface area contributed by atoms with Gasteiger partial charge in [0, 0.05) is 13.1 Å². The number of nitrogens with one attached hydrogen (secondary N) is 5. The van der Waals surface area contributed by atoms with Crippen LogP contribution in [0.25, 0.3) is 0 Å². The van der Waals surface area contributed by atoms with Crippen molar-refractivity contribution in [3.63, 3.8) is 0 Å². The third kappa shape index (κ3) is 8.32. The normalized spacial score (nSPS) is 13.9. The summed E-state index contributed by atoms with van der Waals surface area (Å²) in [4.78, 5) is 46.6.